The molecule has 7 nitrogen and oxygen atoms in total. The van der Waals surface area contributed by atoms with E-state index in [0.717, 1.165) is 17.2 Å². The van der Waals surface area contributed by atoms with Gasteiger partial charge in [-0.1, -0.05) is 12.1 Å². The zero-order valence-corrected chi connectivity index (χ0v) is 11.0. The Morgan fingerprint density at radius 1 is 1.29 bits per heavy atom. The maximum atomic E-state index is 11.7. The van der Waals surface area contributed by atoms with Gasteiger partial charge in [-0.2, -0.15) is 5.10 Å². The largest absolute Gasteiger partial charge is 0.478 e. The lowest BCUT2D eigenvalue weighted by molar-refractivity contribution is -0.131. The van der Waals surface area contributed by atoms with E-state index in [4.69, 9.17) is 5.11 Å². The van der Waals surface area contributed by atoms with Gasteiger partial charge in [0.05, 0.1) is 6.20 Å². The molecular formula is C14H14N4O3. The molecule has 4 N–H and O–H groups in total. The van der Waals surface area contributed by atoms with Crippen molar-refractivity contribution in [3.05, 3.63) is 53.9 Å². The fraction of sp³-hybridized carbons (Fsp3) is 0.0714. The molecule has 0 aliphatic rings. The number of nitrogens with zero attached hydrogens (tertiary/aromatic N) is 1. The number of carboxylic acids is 1. The molecule has 0 spiro atoms. The number of carbonyl (C=O) groups excluding carboxylic acids is 1. The second-order valence-corrected chi connectivity index (χ2v) is 4.21. The van der Waals surface area contributed by atoms with Gasteiger partial charge >= 0.3 is 12.0 Å². The van der Waals surface area contributed by atoms with Crippen LogP contribution in [0.4, 0.5) is 10.5 Å². The first-order chi connectivity index (χ1) is 10.1. The minimum absolute atomic E-state index is 0.329. The Bertz CT molecular complexity index is 633. The summed E-state index contributed by atoms with van der Waals surface area (Å²) in [4.78, 5) is 22.1. The number of H-pyrrole nitrogens is 1. The predicted octanol–water partition coefficient (Wildman–Crippen LogP) is 1.83. The highest BCUT2D eigenvalue weighted by Crippen LogP contribution is 2.10. The monoisotopic (exact) mass is 286 g/mol. The third kappa shape index (κ3) is 4.83. The lowest BCUT2D eigenvalue weighted by Crippen LogP contribution is -2.27. The summed E-state index contributed by atoms with van der Waals surface area (Å²) in [5.41, 5.74) is 2.23. The maximum absolute atomic E-state index is 11.7. The van der Waals surface area contributed by atoms with E-state index >= 15 is 0 Å². The molecule has 2 amide bonds. The Morgan fingerprint density at radius 2 is 2.05 bits per heavy atom. The first kappa shape index (κ1) is 14.3. The Balaban J connectivity index is 1.85. The highest BCUT2D eigenvalue weighted by molar-refractivity contribution is 5.89. The number of hydrogen-bond donors (Lipinski definition) is 4. The van der Waals surface area contributed by atoms with Crippen LogP contribution in [0.25, 0.3) is 6.08 Å². The lowest BCUT2D eigenvalue weighted by Gasteiger charge is -2.06. The maximum Gasteiger partial charge on any atom is 0.328 e. The minimum atomic E-state index is -1.00. The van der Waals surface area contributed by atoms with Crippen molar-refractivity contribution >= 4 is 23.8 Å². The van der Waals surface area contributed by atoms with Crippen molar-refractivity contribution < 1.29 is 14.7 Å². The highest BCUT2D eigenvalue weighted by Gasteiger charge is 2.02. The van der Waals surface area contributed by atoms with E-state index in [1.807, 2.05) is 0 Å². The second kappa shape index (κ2) is 6.90. The molecule has 0 aliphatic heterocycles. The Hall–Kier alpha value is -3.09. The molecule has 2 aromatic rings. The van der Waals surface area contributed by atoms with Crippen LogP contribution in [-0.2, 0) is 11.3 Å². The number of amides is 2. The van der Waals surface area contributed by atoms with Crippen LogP contribution >= 0.6 is 0 Å². The first-order valence-electron chi connectivity index (χ1n) is 6.17. The summed E-state index contributed by atoms with van der Waals surface area (Å²) < 4.78 is 0. The summed E-state index contributed by atoms with van der Waals surface area (Å²) in [5.74, 6) is -1.00. The van der Waals surface area contributed by atoms with Crippen LogP contribution in [-0.4, -0.2) is 27.3 Å². The molecule has 1 aromatic carbocycles. The van der Waals surface area contributed by atoms with E-state index in [-0.39, 0.29) is 6.03 Å². The van der Waals surface area contributed by atoms with Crippen molar-refractivity contribution in [1.82, 2.24) is 15.5 Å². The van der Waals surface area contributed by atoms with Crippen LogP contribution in [0.5, 0.6) is 0 Å². The van der Waals surface area contributed by atoms with Crippen molar-refractivity contribution in [3.8, 4) is 0 Å². The molecule has 108 valence electrons. The van der Waals surface area contributed by atoms with Gasteiger partial charge in [-0.15, -0.1) is 0 Å². The molecule has 0 saturated heterocycles. The topological polar surface area (TPSA) is 107 Å². The number of hydrogen-bond acceptors (Lipinski definition) is 3. The van der Waals surface area contributed by atoms with Crippen LogP contribution in [0.3, 0.4) is 0 Å². The second-order valence-electron chi connectivity index (χ2n) is 4.21. The normalized spacial score (nSPS) is 10.5. The predicted molar refractivity (Wildman–Crippen MR) is 77.6 cm³/mol. The Morgan fingerprint density at radius 3 is 2.67 bits per heavy atom. The molecule has 0 fully saturated rings. The smallest absolute Gasteiger partial charge is 0.328 e. The van der Waals surface area contributed by atoms with Crippen molar-refractivity contribution in [2.75, 3.05) is 5.32 Å². The van der Waals surface area contributed by atoms with Gasteiger partial charge in [-0.05, 0) is 23.8 Å². The molecule has 0 unspecified atom stereocenters. The fourth-order valence-corrected chi connectivity index (χ4v) is 1.58. The fourth-order valence-electron chi connectivity index (χ4n) is 1.58. The summed E-state index contributed by atoms with van der Waals surface area (Å²) in [5, 5.41) is 20.3. The van der Waals surface area contributed by atoms with Gasteiger partial charge in [0.25, 0.3) is 0 Å². The van der Waals surface area contributed by atoms with Gasteiger partial charge in [0.1, 0.15) is 0 Å². The average molecular weight is 286 g/mol. The average Bonchev–Trinajstić information content (AvgIpc) is 2.98. The number of benzene rings is 1. The van der Waals surface area contributed by atoms with Crippen LogP contribution < -0.4 is 10.6 Å². The van der Waals surface area contributed by atoms with Crippen molar-refractivity contribution in [2.45, 2.75) is 6.54 Å². The molecule has 1 heterocycles. The Kier molecular flexibility index (Phi) is 4.70. The van der Waals surface area contributed by atoms with Crippen LogP contribution in [0, 0.1) is 0 Å². The minimum Gasteiger partial charge on any atom is -0.478 e. The van der Waals surface area contributed by atoms with Gasteiger partial charge in [-0.3, -0.25) is 5.10 Å². The van der Waals surface area contributed by atoms with E-state index in [1.54, 1.807) is 36.7 Å². The number of urea groups is 1. The number of aromatic amines is 1. The van der Waals surface area contributed by atoms with Crippen LogP contribution in [0.2, 0.25) is 0 Å². The number of carboxylic acid groups (broad SMARTS) is 1. The molecule has 0 radical (unpaired) electrons. The van der Waals surface area contributed by atoms with Gasteiger partial charge in [0, 0.05) is 30.1 Å². The van der Waals surface area contributed by atoms with Gasteiger partial charge in [0.2, 0.25) is 0 Å². The van der Waals surface area contributed by atoms with Crippen LogP contribution in [0.15, 0.2) is 42.7 Å². The lowest BCUT2D eigenvalue weighted by atomic mass is 10.2. The first-order valence-corrected chi connectivity index (χ1v) is 6.17. The third-order valence-electron chi connectivity index (χ3n) is 2.59. The molecule has 0 atom stereocenters. The van der Waals surface area contributed by atoms with E-state index in [1.165, 1.54) is 6.08 Å². The van der Waals surface area contributed by atoms with E-state index in [2.05, 4.69) is 20.8 Å². The van der Waals surface area contributed by atoms with Gasteiger partial charge < -0.3 is 15.7 Å². The SMILES string of the molecule is O=C(O)C=Cc1ccc(NC(=O)NCc2cn[nH]c2)cc1. The van der Waals surface area contributed by atoms with Crippen molar-refractivity contribution in [1.29, 1.82) is 0 Å². The number of aromatic nitrogens is 2. The molecule has 21 heavy (non-hydrogen) atoms. The van der Waals surface area contributed by atoms with Crippen molar-refractivity contribution in [3.63, 3.8) is 0 Å². The van der Waals surface area contributed by atoms with E-state index in [9.17, 15) is 9.59 Å². The van der Waals surface area contributed by atoms with Crippen molar-refractivity contribution in [2.24, 2.45) is 0 Å². The summed E-state index contributed by atoms with van der Waals surface area (Å²) in [6.07, 6.45) is 5.86. The zero-order valence-electron chi connectivity index (χ0n) is 11.0. The number of carbonyl (C=O) groups is 2. The molecule has 1 aromatic heterocycles. The van der Waals surface area contributed by atoms with Crippen LogP contribution in [0.1, 0.15) is 11.1 Å². The van der Waals surface area contributed by atoms with Gasteiger partial charge in [-0.25, -0.2) is 9.59 Å². The summed E-state index contributed by atoms with van der Waals surface area (Å²) in [6, 6.07) is 6.48. The standard InChI is InChI=1S/C14H14N4O3/c19-13(20)6-3-10-1-4-12(5-2-10)18-14(21)15-7-11-8-16-17-9-11/h1-6,8-9H,7H2,(H,16,17)(H,19,20)(H2,15,18,21). The highest BCUT2D eigenvalue weighted by atomic mass is 16.4. The number of rotatable bonds is 5. The summed E-state index contributed by atoms with van der Waals surface area (Å²) in [7, 11) is 0. The quantitative estimate of drug-likeness (QED) is 0.629. The Labute approximate surface area is 120 Å². The number of anilines is 1. The number of aliphatic carboxylic acids is 1. The summed E-state index contributed by atoms with van der Waals surface area (Å²) >= 11 is 0. The molecule has 7 heteroatoms. The number of nitrogens with one attached hydrogen (secondary N) is 3. The molecule has 2 rings (SSSR count). The molecule has 0 aliphatic carbocycles. The molecule has 0 saturated carbocycles. The molecule has 0 bridgehead atoms. The van der Waals surface area contributed by atoms with E-state index in [0.29, 0.717) is 12.2 Å². The van der Waals surface area contributed by atoms with Gasteiger partial charge in [0.15, 0.2) is 0 Å². The molecular weight excluding hydrogens is 272 g/mol. The summed E-state index contributed by atoms with van der Waals surface area (Å²) in [6.45, 7) is 0.377. The third-order valence-corrected chi connectivity index (χ3v) is 2.59. The zero-order chi connectivity index (χ0) is 15.1. The van der Waals surface area contributed by atoms with E-state index < -0.39 is 5.97 Å².